The van der Waals surface area contributed by atoms with Crippen molar-refractivity contribution in [2.75, 3.05) is 5.73 Å². The number of phenols is 1. The Labute approximate surface area is 83.7 Å². The molecule has 3 nitrogen and oxygen atoms in total. The maximum atomic E-state index is 9.42. The highest BCUT2D eigenvalue weighted by Crippen LogP contribution is 2.37. The third-order valence-corrected chi connectivity index (χ3v) is 2.77. The smallest absolute Gasteiger partial charge is 0.138 e. The summed E-state index contributed by atoms with van der Waals surface area (Å²) in [5, 5.41) is 9.42. The molecular weight excluding hydrogens is 176 g/mol. The summed E-state index contributed by atoms with van der Waals surface area (Å²) in [5.74, 6) is 0.929. The van der Waals surface area contributed by atoms with Crippen molar-refractivity contribution in [3.05, 3.63) is 23.8 Å². The fourth-order valence-corrected chi connectivity index (χ4v) is 1.64. The molecule has 0 spiro atoms. The molecule has 76 valence electrons. The van der Waals surface area contributed by atoms with Gasteiger partial charge >= 0.3 is 0 Å². The van der Waals surface area contributed by atoms with Gasteiger partial charge in [-0.05, 0) is 30.0 Å². The first kappa shape index (κ1) is 9.34. The van der Waals surface area contributed by atoms with Gasteiger partial charge in [-0.15, -0.1) is 0 Å². The van der Waals surface area contributed by atoms with E-state index < -0.39 is 0 Å². The van der Waals surface area contributed by atoms with E-state index in [1.807, 2.05) is 6.07 Å². The van der Waals surface area contributed by atoms with Crippen LogP contribution in [0.15, 0.2) is 18.2 Å². The summed E-state index contributed by atoms with van der Waals surface area (Å²) in [6.45, 7) is 0. The number of anilines is 1. The van der Waals surface area contributed by atoms with Crippen LogP contribution in [0.4, 0.5) is 5.69 Å². The number of aromatic hydroxyl groups is 1. The zero-order valence-electron chi connectivity index (χ0n) is 8.11. The second-order valence-corrected chi connectivity index (χ2v) is 4.10. The van der Waals surface area contributed by atoms with Crippen molar-refractivity contribution in [1.82, 2.24) is 0 Å². The summed E-state index contributed by atoms with van der Waals surface area (Å²) in [7, 11) is 0. The monoisotopic (exact) mass is 192 g/mol. The van der Waals surface area contributed by atoms with Crippen LogP contribution in [0, 0.1) is 5.92 Å². The summed E-state index contributed by atoms with van der Waals surface area (Å²) in [5.41, 5.74) is 12.9. The van der Waals surface area contributed by atoms with Crippen LogP contribution in [0.2, 0.25) is 0 Å². The molecule has 0 aromatic heterocycles. The number of hydrogen-bond acceptors (Lipinski definition) is 3. The minimum atomic E-state index is 0.0361. The lowest BCUT2D eigenvalue weighted by atomic mass is 10.0. The van der Waals surface area contributed by atoms with Gasteiger partial charge in [-0.25, -0.2) is 0 Å². The van der Waals surface area contributed by atoms with Gasteiger partial charge < -0.3 is 16.6 Å². The van der Waals surface area contributed by atoms with Crippen LogP contribution in [0.5, 0.6) is 5.75 Å². The van der Waals surface area contributed by atoms with Gasteiger partial charge in [0.05, 0.1) is 5.69 Å². The molecule has 0 radical (unpaired) electrons. The summed E-state index contributed by atoms with van der Waals surface area (Å²) in [6, 6.07) is 5.30. The molecule has 1 aliphatic carbocycles. The first-order valence-electron chi connectivity index (χ1n) is 5.01. The van der Waals surface area contributed by atoms with Crippen LogP contribution in [0.25, 0.3) is 0 Å². The molecule has 0 heterocycles. The SMILES string of the molecule is Nc1ccc(C(N)CC2CC2)cc1O. The van der Waals surface area contributed by atoms with Crippen molar-refractivity contribution >= 4 is 5.69 Å². The third-order valence-electron chi connectivity index (χ3n) is 2.77. The molecule has 1 aromatic carbocycles. The number of phenolic OH excluding ortho intramolecular Hbond substituents is 1. The molecule has 1 saturated carbocycles. The average molecular weight is 192 g/mol. The minimum Gasteiger partial charge on any atom is -0.506 e. The van der Waals surface area contributed by atoms with E-state index in [2.05, 4.69) is 0 Å². The number of rotatable bonds is 3. The largest absolute Gasteiger partial charge is 0.506 e. The molecule has 1 aromatic rings. The van der Waals surface area contributed by atoms with Crippen molar-refractivity contribution < 1.29 is 5.11 Å². The van der Waals surface area contributed by atoms with Crippen LogP contribution < -0.4 is 11.5 Å². The van der Waals surface area contributed by atoms with E-state index >= 15 is 0 Å². The van der Waals surface area contributed by atoms with Crippen molar-refractivity contribution in [2.45, 2.75) is 25.3 Å². The van der Waals surface area contributed by atoms with Gasteiger partial charge in [0.15, 0.2) is 0 Å². The fraction of sp³-hybridized carbons (Fsp3) is 0.455. The molecule has 2 rings (SSSR count). The number of hydrogen-bond donors (Lipinski definition) is 3. The zero-order chi connectivity index (χ0) is 10.1. The van der Waals surface area contributed by atoms with E-state index in [0.29, 0.717) is 5.69 Å². The Balaban J connectivity index is 2.10. The summed E-state index contributed by atoms with van der Waals surface area (Å²) < 4.78 is 0. The second-order valence-electron chi connectivity index (χ2n) is 4.10. The summed E-state index contributed by atoms with van der Waals surface area (Å²) in [6.07, 6.45) is 3.62. The maximum absolute atomic E-state index is 9.42. The predicted octanol–water partition coefficient (Wildman–Crippen LogP) is 1.77. The molecule has 0 bridgehead atoms. The molecule has 3 heteroatoms. The zero-order valence-corrected chi connectivity index (χ0v) is 8.11. The van der Waals surface area contributed by atoms with Crippen LogP contribution >= 0.6 is 0 Å². The van der Waals surface area contributed by atoms with Crippen LogP contribution in [-0.2, 0) is 0 Å². The van der Waals surface area contributed by atoms with E-state index in [1.54, 1.807) is 12.1 Å². The lowest BCUT2D eigenvalue weighted by molar-refractivity contribution is 0.475. The van der Waals surface area contributed by atoms with Crippen molar-refractivity contribution in [3.63, 3.8) is 0 Å². The molecule has 1 fully saturated rings. The molecule has 1 atom stereocenters. The topological polar surface area (TPSA) is 72.3 Å². The molecule has 1 aliphatic rings. The normalized spacial score (nSPS) is 18.1. The molecule has 14 heavy (non-hydrogen) atoms. The van der Waals surface area contributed by atoms with Gasteiger partial charge in [0.25, 0.3) is 0 Å². The van der Waals surface area contributed by atoms with Gasteiger partial charge in [-0.1, -0.05) is 18.9 Å². The van der Waals surface area contributed by atoms with Gasteiger partial charge in [0, 0.05) is 6.04 Å². The number of benzene rings is 1. The molecule has 0 aliphatic heterocycles. The number of nitrogens with two attached hydrogens (primary N) is 2. The molecule has 5 N–H and O–H groups in total. The fourth-order valence-electron chi connectivity index (χ4n) is 1.64. The van der Waals surface area contributed by atoms with Crippen LogP contribution in [0.1, 0.15) is 30.9 Å². The quantitative estimate of drug-likeness (QED) is 0.505. The Bertz CT molecular complexity index is 334. The van der Waals surface area contributed by atoms with Crippen LogP contribution in [0.3, 0.4) is 0 Å². The standard InChI is InChI=1S/C11H16N2O/c12-9-4-3-8(6-11(9)14)10(13)5-7-1-2-7/h3-4,6-7,10,14H,1-2,5,12-13H2. The van der Waals surface area contributed by atoms with E-state index in [1.165, 1.54) is 12.8 Å². The summed E-state index contributed by atoms with van der Waals surface area (Å²) >= 11 is 0. The van der Waals surface area contributed by atoms with Gasteiger partial charge in [-0.3, -0.25) is 0 Å². The van der Waals surface area contributed by atoms with Gasteiger partial charge in [0.2, 0.25) is 0 Å². The van der Waals surface area contributed by atoms with E-state index in [-0.39, 0.29) is 11.8 Å². The third kappa shape index (κ3) is 1.99. The Morgan fingerprint density at radius 2 is 2.14 bits per heavy atom. The van der Waals surface area contributed by atoms with Gasteiger partial charge in [-0.2, -0.15) is 0 Å². The molecule has 1 unspecified atom stereocenters. The average Bonchev–Trinajstić information content (AvgIpc) is 2.93. The lowest BCUT2D eigenvalue weighted by Gasteiger charge is -2.12. The Kier molecular flexibility index (Phi) is 2.33. The second kappa shape index (κ2) is 3.50. The first-order valence-corrected chi connectivity index (χ1v) is 5.01. The summed E-state index contributed by atoms with van der Waals surface area (Å²) in [4.78, 5) is 0. The van der Waals surface area contributed by atoms with Crippen molar-refractivity contribution in [2.24, 2.45) is 11.7 Å². The predicted molar refractivity (Wildman–Crippen MR) is 56.8 cm³/mol. The maximum Gasteiger partial charge on any atom is 0.138 e. The Morgan fingerprint density at radius 3 is 2.71 bits per heavy atom. The highest BCUT2D eigenvalue weighted by atomic mass is 16.3. The molecular formula is C11H16N2O. The van der Waals surface area contributed by atoms with E-state index in [4.69, 9.17) is 11.5 Å². The highest BCUT2D eigenvalue weighted by Gasteiger charge is 2.24. The Morgan fingerprint density at radius 1 is 1.43 bits per heavy atom. The van der Waals surface area contributed by atoms with Gasteiger partial charge in [0.1, 0.15) is 5.75 Å². The van der Waals surface area contributed by atoms with E-state index in [9.17, 15) is 5.11 Å². The van der Waals surface area contributed by atoms with E-state index in [0.717, 1.165) is 17.9 Å². The first-order chi connectivity index (χ1) is 6.66. The minimum absolute atomic E-state index is 0.0361. The lowest BCUT2D eigenvalue weighted by Crippen LogP contribution is -2.10. The molecule has 0 saturated heterocycles. The van der Waals surface area contributed by atoms with Crippen molar-refractivity contribution in [3.8, 4) is 5.75 Å². The number of nitrogen functional groups attached to an aromatic ring is 1. The highest BCUT2D eigenvalue weighted by molar-refractivity contribution is 5.53. The van der Waals surface area contributed by atoms with Crippen LogP contribution in [-0.4, -0.2) is 5.11 Å². The molecule has 0 amide bonds. The van der Waals surface area contributed by atoms with Crippen molar-refractivity contribution in [1.29, 1.82) is 0 Å². The Hall–Kier alpha value is -1.22.